The van der Waals surface area contributed by atoms with E-state index in [2.05, 4.69) is 13.8 Å². The molecule has 0 spiro atoms. The maximum absolute atomic E-state index is 10.7. The van der Waals surface area contributed by atoms with Crippen LogP contribution in [-0.4, -0.2) is 75.8 Å². The summed E-state index contributed by atoms with van der Waals surface area (Å²) in [6.45, 7) is 12.9. The molecule has 140 valence electrons. The lowest BCUT2D eigenvalue weighted by Gasteiger charge is -2.38. The number of hydrogen-bond donors (Lipinski definition) is 0. The topological polar surface area (TPSA) is 75.7 Å². The zero-order valence-electron chi connectivity index (χ0n) is 15.1. The molecule has 23 heavy (non-hydrogen) atoms. The molecule has 0 radical (unpaired) electrons. The van der Waals surface area contributed by atoms with Crippen molar-refractivity contribution < 1.29 is 26.9 Å². The van der Waals surface area contributed by atoms with Gasteiger partial charge in [-0.2, -0.15) is 0 Å². The first-order valence-electron chi connectivity index (χ1n) is 8.83. The SMILES string of the molecule is CCC[N+](CCC)(CCCCS(=O)(=O)[O-])CCOCCOCC. The van der Waals surface area contributed by atoms with E-state index in [1.807, 2.05) is 6.92 Å². The van der Waals surface area contributed by atoms with Gasteiger partial charge in [-0.15, -0.1) is 0 Å². The summed E-state index contributed by atoms with van der Waals surface area (Å²) < 4.78 is 44.0. The van der Waals surface area contributed by atoms with E-state index in [0.717, 1.165) is 49.9 Å². The van der Waals surface area contributed by atoms with Crippen LogP contribution in [-0.2, 0) is 19.6 Å². The highest BCUT2D eigenvalue weighted by Crippen LogP contribution is 2.13. The van der Waals surface area contributed by atoms with Gasteiger partial charge in [-0.05, 0) is 32.6 Å². The van der Waals surface area contributed by atoms with Crippen LogP contribution in [0, 0.1) is 0 Å². The summed E-state index contributed by atoms with van der Waals surface area (Å²) in [7, 11) is -4.09. The number of hydrogen-bond acceptors (Lipinski definition) is 5. The van der Waals surface area contributed by atoms with Gasteiger partial charge < -0.3 is 18.5 Å². The number of ether oxygens (including phenoxy) is 2. The van der Waals surface area contributed by atoms with Crippen molar-refractivity contribution in [2.75, 3.05) is 58.4 Å². The highest BCUT2D eigenvalue weighted by molar-refractivity contribution is 7.85. The number of rotatable bonds is 16. The molecule has 0 saturated heterocycles. The van der Waals surface area contributed by atoms with E-state index < -0.39 is 10.1 Å². The Morgan fingerprint density at radius 1 is 0.826 bits per heavy atom. The molecule has 0 saturated carbocycles. The third-order valence-electron chi connectivity index (χ3n) is 3.96. The van der Waals surface area contributed by atoms with E-state index in [1.165, 1.54) is 0 Å². The molecule has 7 heteroatoms. The first kappa shape index (κ1) is 22.8. The van der Waals surface area contributed by atoms with Crippen molar-refractivity contribution in [2.45, 2.75) is 46.5 Å². The highest BCUT2D eigenvalue weighted by Gasteiger charge is 2.24. The second-order valence-electron chi connectivity index (χ2n) is 6.01. The predicted octanol–water partition coefficient (Wildman–Crippen LogP) is 2.00. The maximum atomic E-state index is 10.7. The number of nitrogens with zero attached hydrogens (tertiary/aromatic N) is 1. The molecule has 0 atom stereocenters. The minimum absolute atomic E-state index is 0.254. The molecule has 0 aliphatic rings. The van der Waals surface area contributed by atoms with Gasteiger partial charge in [-0.3, -0.25) is 0 Å². The molecule has 0 unspecified atom stereocenters. The van der Waals surface area contributed by atoms with Crippen LogP contribution in [0.15, 0.2) is 0 Å². The summed E-state index contributed by atoms with van der Waals surface area (Å²) in [4.78, 5) is 0. The fourth-order valence-electron chi connectivity index (χ4n) is 2.97. The Bertz CT molecular complexity index is 367. The number of quaternary nitrogens is 1. The van der Waals surface area contributed by atoms with Gasteiger partial charge in [0.2, 0.25) is 0 Å². The zero-order chi connectivity index (χ0) is 17.6. The van der Waals surface area contributed by atoms with Gasteiger partial charge in [0.15, 0.2) is 0 Å². The average Bonchev–Trinajstić information content (AvgIpc) is 2.47. The number of unbranched alkanes of at least 4 members (excludes halogenated alkanes) is 1. The molecule has 0 heterocycles. The summed E-state index contributed by atoms with van der Waals surface area (Å²) in [5.74, 6) is -0.254. The van der Waals surface area contributed by atoms with E-state index in [1.54, 1.807) is 0 Å². The van der Waals surface area contributed by atoms with Crippen molar-refractivity contribution in [1.82, 2.24) is 0 Å². The van der Waals surface area contributed by atoms with Crippen LogP contribution in [0.1, 0.15) is 46.5 Å². The van der Waals surface area contributed by atoms with Crippen LogP contribution in [0.5, 0.6) is 0 Å². The summed E-state index contributed by atoms with van der Waals surface area (Å²) in [5.41, 5.74) is 0. The Morgan fingerprint density at radius 2 is 1.43 bits per heavy atom. The second-order valence-corrected chi connectivity index (χ2v) is 7.54. The summed E-state index contributed by atoms with van der Waals surface area (Å²) in [5, 5.41) is 0. The summed E-state index contributed by atoms with van der Waals surface area (Å²) in [6, 6.07) is 0. The Balaban J connectivity index is 4.32. The lowest BCUT2D eigenvalue weighted by atomic mass is 10.2. The van der Waals surface area contributed by atoms with Crippen LogP contribution in [0.25, 0.3) is 0 Å². The molecule has 0 aliphatic carbocycles. The van der Waals surface area contributed by atoms with E-state index in [0.29, 0.717) is 32.8 Å². The fourth-order valence-corrected chi connectivity index (χ4v) is 3.53. The summed E-state index contributed by atoms with van der Waals surface area (Å²) in [6.07, 6.45) is 3.38. The van der Waals surface area contributed by atoms with E-state index in [4.69, 9.17) is 9.47 Å². The summed E-state index contributed by atoms with van der Waals surface area (Å²) >= 11 is 0. The molecule has 0 aromatic carbocycles. The van der Waals surface area contributed by atoms with Crippen molar-refractivity contribution in [3.8, 4) is 0 Å². The minimum Gasteiger partial charge on any atom is -0.748 e. The van der Waals surface area contributed by atoms with Crippen LogP contribution < -0.4 is 0 Å². The fraction of sp³-hybridized carbons (Fsp3) is 1.00. The Hall–Kier alpha value is -0.210. The predicted molar refractivity (Wildman–Crippen MR) is 91.4 cm³/mol. The lowest BCUT2D eigenvalue weighted by molar-refractivity contribution is -0.928. The van der Waals surface area contributed by atoms with Crippen molar-refractivity contribution in [2.24, 2.45) is 0 Å². The molecular formula is C16H35NO5S. The smallest absolute Gasteiger partial charge is 0.102 e. The van der Waals surface area contributed by atoms with Gasteiger partial charge in [0.1, 0.15) is 6.54 Å². The first-order chi connectivity index (χ1) is 10.9. The molecular weight excluding hydrogens is 318 g/mol. The zero-order valence-corrected chi connectivity index (χ0v) is 15.9. The third kappa shape index (κ3) is 12.8. The van der Waals surface area contributed by atoms with Gasteiger partial charge in [0.05, 0.1) is 49.6 Å². The Labute approximate surface area is 142 Å². The van der Waals surface area contributed by atoms with Crippen LogP contribution in [0.3, 0.4) is 0 Å². The molecule has 0 aromatic heterocycles. The molecule has 0 rings (SSSR count). The van der Waals surface area contributed by atoms with Crippen molar-refractivity contribution in [3.63, 3.8) is 0 Å². The Kier molecular flexibility index (Phi) is 13.0. The van der Waals surface area contributed by atoms with Gasteiger partial charge in [0.25, 0.3) is 0 Å². The lowest BCUT2D eigenvalue weighted by Crippen LogP contribution is -2.52. The van der Waals surface area contributed by atoms with Crippen LogP contribution in [0.4, 0.5) is 0 Å². The molecule has 6 nitrogen and oxygen atoms in total. The van der Waals surface area contributed by atoms with E-state index in [9.17, 15) is 13.0 Å². The molecule has 0 fully saturated rings. The van der Waals surface area contributed by atoms with Crippen LogP contribution in [0.2, 0.25) is 0 Å². The molecule has 0 aromatic rings. The van der Waals surface area contributed by atoms with Crippen molar-refractivity contribution in [1.29, 1.82) is 0 Å². The van der Waals surface area contributed by atoms with E-state index in [-0.39, 0.29) is 5.75 Å². The molecule has 0 aliphatic heterocycles. The average molecular weight is 354 g/mol. The second kappa shape index (κ2) is 13.1. The molecule has 0 N–H and O–H groups in total. The largest absolute Gasteiger partial charge is 0.748 e. The molecule has 0 amide bonds. The molecule has 0 bridgehead atoms. The quantitative estimate of drug-likeness (QED) is 0.241. The van der Waals surface area contributed by atoms with Gasteiger partial charge in [-0.25, -0.2) is 8.42 Å². The van der Waals surface area contributed by atoms with Crippen LogP contribution >= 0.6 is 0 Å². The highest BCUT2D eigenvalue weighted by atomic mass is 32.2. The normalized spacial score (nSPS) is 12.7. The minimum atomic E-state index is -4.09. The van der Waals surface area contributed by atoms with Gasteiger partial charge in [0, 0.05) is 12.4 Å². The van der Waals surface area contributed by atoms with Gasteiger partial charge >= 0.3 is 0 Å². The first-order valence-corrected chi connectivity index (χ1v) is 10.4. The third-order valence-corrected chi connectivity index (χ3v) is 4.75. The monoisotopic (exact) mass is 353 g/mol. The standard InChI is InChI=1S/C16H35NO5S/c1-4-9-17(10-5-2,11-7-8-16-23(18,19)20)12-13-22-15-14-21-6-3/h4-16H2,1-3H3. The maximum Gasteiger partial charge on any atom is 0.102 e. The van der Waals surface area contributed by atoms with Crippen molar-refractivity contribution >= 4 is 10.1 Å². The Morgan fingerprint density at radius 3 is 1.96 bits per heavy atom. The van der Waals surface area contributed by atoms with E-state index >= 15 is 0 Å². The van der Waals surface area contributed by atoms with Gasteiger partial charge in [-0.1, -0.05) is 13.8 Å². The van der Waals surface area contributed by atoms with Crippen molar-refractivity contribution in [3.05, 3.63) is 0 Å².